The molecule has 0 aliphatic heterocycles. The second-order valence-corrected chi connectivity index (χ2v) is 9.38. The standard InChI is InChI=1S/C23H22ClF3N4OS/c1-14(28-21(32)16-6-3-7-16)20-29-30-22(31(20)19-10-4-9-18(24)12-19)33-13-15-5-2-8-17(11-15)23(25,26)27/h2,4-5,8-12,14,16H,3,6-7,13H2,1H3,(H,28,32)/t14-/m1/s1. The summed E-state index contributed by atoms with van der Waals surface area (Å²) in [6.45, 7) is 1.84. The van der Waals surface area contributed by atoms with Crippen LogP contribution in [0.25, 0.3) is 5.69 Å². The van der Waals surface area contributed by atoms with Gasteiger partial charge in [-0.3, -0.25) is 9.36 Å². The number of halogens is 4. The molecular weight excluding hydrogens is 473 g/mol. The van der Waals surface area contributed by atoms with Crippen LogP contribution in [-0.2, 0) is 16.7 Å². The zero-order valence-corrected chi connectivity index (χ0v) is 19.3. The van der Waals surface area contributed by atoms with Crippen molar-refractivity contribution in [2.24, 2.45) is 5.92 Å². The zero-order chi connectivity index (χ0) is 23.6. The average molecular weight is 495 g/mol. The number of alkyl halides is 3. The van der Waals surface area contributed by atoms with Gasteiger partial charge in [-0.15, -0.1) is 10.2 Å². The number of hydrogen-bond donors (Lipinski definition) is 1. The molecule has 0 bridgehead atoms. The summed E-state index contributed by atoms with van der Waals surface area (Å²) in [6.07, 6.45) is -1.57. The minimum Gasteiger partial charge on any atom is -0.346 e. The molecule has 1 heterocycles. The molecule has 1 aliphatic carbocycles. The van der Waals surface area contributed by atoms with Gasteiger partial charge in [0.05, 0.1) is 17.3 Å². The summed E-state index contributed by atoms with van der Waals surface area (Å²) < 4.78 is 41.0. The van der Waals surface area contributed by atoms with Gasteiger partial charge in [-0.25, -0.2) is 0 Å². The van der Waals surface area contributed by atoms with Gasteiger partial charge in [-0.1, -0.05) is 54.0 Å². The molecule has 1 aromatic heterocycles. The predicted molar refractivity (Wildman–Crippen MR) is 121 cm³/mol. The Morgan fingerprint density at radius 3 is 2.64 bits per heavy atom. The first-order valence-corrected chi connectivity index (χ1v) is 11.9. The van der Waals surface area contributed by atoms with Crippen molar-refractivity contribution < 1.29 is 18.0 Å². The van der Waals surface area contributed by atoms with Gasteiger partial charge >= 0.3 is 6.18 Å². The van der Waals surface area contributed by atoms with E-state index in [1.807, 2.05) is 13.0 Å². The molecule has 0 radical (unpaired) electrons. The average Bonchev–Trinajstić information content (AvgIpc) is 3.14. The van der Waals surface area contributed by atoms with Gasteiger partial charge in [-0.05, 0) is 49.6 Å². The third-order valence-electron chi connectivity index (χ3n) is 5.57. The van der Waals surface area contributed by atoms with Crippen LogP contribution >= 0.6 is 23.4 Å². The zero-order valence-electron chi connectivity index (χ0n) is 17.8. The molecule has 1 amide bonds. The highest BCUT2D eigenvalue weighted by Crippen LogP contribution is 2.33. The number of carbonyl (C=O) groups is 1. The number of thioether (sulfide) groups is 1. The monoisotopic (exact) mass is 494 g/mol. The maximum atomic E-state index is 13.1. The van der Waals surface area contributed by atoms with Gasteiger partial charge in [0.25, 0.3) is 0 Å². The van der Waals surface area contributed by atoms with Gasteiger partial charge < -0.3 is 5.32 Å². The molecule has 4 rings (SSSR count). The number of nitrogens with one attached hydrogen (secondary N) is 1. The summed E-state index contributed by atoms with van der Waals surface area (Å²) in [6, 6.07) is 11.9. The Balaban J connectivity index is 1.60. The lowest BCUT2D eigenvalue weighted by molar-refractivity contribution is -0.137. The lowest BCUT2D eigenvalue weighted by Gasteiger charge is -2.26. The van der Waals surface area contributed by atoms with E-state index < -0.39 is 17.8 Å². The van der Waals surface area contributed by atoms with Gasteiger partial charge in [0.15, 0.2) is 11.0 Å². The van der Waals surface area contributed by atoms with E-state index in [1.54, 1.807) is 28.8 Å². The van der Waals surface area contributed by atoms with E-state index in [0.717, 1.165) is 31.4 Å². The van der Waals surface area contributed by atoms with Crippen LogP contribution in [0, 0.1) is 5.92 Å². The van der Waals surface area contributed by atoms with E-state index in [2.05, 4.69) is 15.5 Å². The molecule has 0 saturated heterocycles. The van der Waals surface area contributed by atoms with E-state index in [-0.39, 0.29) is 17.6 Å². The van der Waals surface area contributed by atoms with Crippen molar-refractivity contribution in [1.29, 1.82) is 0 Å². The van der Waals surface area contributed by atoms with Gasteiger partial charge in [0.1, 0.15) is 0 Å². The van der Waals surface area contributed by atoms with Crippen LogP contribution in [0.1, 0.15) is 49.2 Å². The Morgan fingerprint density at radius 1 is 1.21 bits per heavy atom. The first-order valence-electron chi connectivity index (χ1n) is 10.5. The largest absolute Gasteiger partial charge is 0.416 e. The molecule has 1 aliphatic rings. The summed E-state index contributed by atoms with van der Waals surface area (Å²) in [7, 11) is 0. The number of carbonyl (C=O) groups excluding carboxylic acids is 1. The predicted octanol–water partition coefficient (Wildman–Crippen LogP) is 6.21. The fourth-order valence-electron chi connectivity index (χ4n) is 3.56. The summed E-state index contributed by atoms with van der Waals surface area (Å²) in [5, 5.41) is 12.6. The summed E-state index contributed by atoms with van der Waals surface area (Å²) in [5.41, 5.74) is 0.534. The molecule has 3 aromatic rings. The molecule has 1 atom stereocenters. The number of nitrogens with zero attached hydrogens (tertiary/aromatic N) is 3. The maximum Gasteiger partial charge on any atom is 0.416 e. The molecule has 1 N–H and O–H groups in total. The normalized spacial score (nSPS) is 15.2. The minimum atomic E-state index is -4.40. The number of hydrogen-bond acceptors (Lipinski definition) is 4. The SMILES string of the molecule is C[C@@H](NC(=O)C1CCC1)c1nnc(SCc2cccc(C(F)(F)F)c2)n1-c1cccc(Cl)c1. The quantitative estimate of drug-likeness (QED) is 0.397. The number of amides is 1. The van der Waals surface area contributed by atoms with Crippen molar-refractivity contribution >= 4 is 29.3 Å². The number of aromatic nitrogens is 3. The van der Waals surface area contributed by atoms with Crippen LogP contribution in [0.5, 0.6) is 0 Å². The summed E-state index contributed by atoms with van der Waals surface area (Å²) in [5.74, 6) is 0.819. The van der Waals surface area contributed by atoms with Crippen molar-refractivity contribution in [2.45, 2.75) is 49.3 Å². The second kappa shape index (κ2) is 9.77. The molecule has 1 saturated carbocycles. The van der Waals surface area contributed by atoms with E-state index in [9.17, 15) is 18.0 Å². The van der Waals surface area contributed by atoms with E-state index in [4.69, 9.17) is 11.6 Å². The lowest BCUT2D eigenvalue weighted by Crippen LogP contribution is -2.36. The Bertz CT molecular complexity index is 1150. The van der Waals surface area contributed by atoms with Crippen LogP contribution in [-0.4, -0.2) is 20.7 Å². The maximum absolute atomic E-state index is 13.1. The first kappa shape index (κ1) is 23.6. The molecule has 10 heteroatoms. The fourth-order valence-corrected chi connectivity index (χ4v) is 4.65. The van der Waals surface area contributed by atoms with Gasteiger partial charge in [-0.2, -0.15) is 13.2 Å². The Kier molecular flexibility index (Phi) is 6.99. The third kappa shape index (κ3) is 5.52. The van der Waals surface area contributed by atoms with Gasteiger partial charge in [0.2, 0.25) is 5.91 Å². The van der Waals surface area contributed by atoms with Crippen LogP contribution < -0.4 is 5.32 Å². The Labute approximate surface area is 198 Å². The fraction of sp³-hybridized carbons (Fsp3) is 0.348. The Morgan fingerprint density at radius 2 is 1.97 bits per heavy atom. The van der Waals surface area contributed by atoms with Crippen LogP contribution in [0.2, 0.25) is 5.02 Å². The van der Waals surface area contributed by atoms with Gasteiger partial charge in [0, 0.05) is 16.7 Å². The van der Waals surface area contributed by atoms with Crippen molar-refractivity contribution in [2.75, 3.05) is 0 Å². The minimum absolute atomic E-state index is 0.00689. The molecule has 1 fully saturated rings. The van der Waals surface area contributed by atoms with Crippen LogP contribution in [0.3, 0.4) is 0 Å². The van der Waals surface area contributed by atoms with Crippen LogP contribution in [0.15, 0.2) is 53.7 Å². The summed E-state index contributed by atoms with van der Waals surface area (Å²) >= 11 is 7.46. The smallest absolute Gasteiger partial charge is 0.346 e. The third-order valence-corrected chi connectivity index (χ3v) is 6.80. The van der Waals surface area contributed by atoms with Crippen molar-refractivity contribution in [3.63, 3.8) is 0 Å². The molecular formula is C23H22ClF3N4OS. The molecule has 0 spiro atoms. The number of benzene rings is 2. The molecule has 5 nitrogen and oxygen atoms in total. The lowest BCUT2D eigenvalue weighted by atomic mass is 9.84. The number of rotatable bonds is 7. The van der Waals surface area contributed by atoms with E-state index >= 15 is 0 Å². The molecule has 33 heavy (non-hydrogen) atoms. The first-order chi connectivity index (χ1) is 15.7. The van der Waals surface area contributed by atoms with Crippen molar-refractivity contribution in [3.05, 3.63) is 70.5 Å². The molecule has 0 unspecified atom stereocenters. The highest BCUT2D eigenvalue weighted by molar-refractivity contribution is 7.98. The van der Waals surface area contributed by atoms with E-state index in [1.165, 1.54) is 17.8 Å². The van der Waals surface area contributed by atoms with Crippen molar-refractivity contribution in [1.82, 2.24) is 20.1 Å². The Hall–Kier alpha value is -2.52. The second-order valence-electron chi connectivity index (χ2n) is 8.00. The molecule has 174 valence electrons. The topological polar surface area (TPSA) is 59.8 Å². The molecule has 2 aromatic carbocycles. The van der Waals surface area contributed by atoms with E-state index in [0.29, 0.717) is 27.3 Å². The highest BCUT2D eigenvalue weighted by Gasteiger charge is 2.31. The van der Waals surface area contributed by atoms with Crippen LogP contribution in [0.4, 0.5) is 13.2 Å². The van der Waals surface area contributed by atoms with Crippen molar-refractivity contribution in [3.8, 4) is 5.69 Å². The summed E-state index contributed by atoms with van der Waals surface area (Å²) in [4.78, 5) is 12.5. The highest BCUT2D eigenvalue weighted by atomic mass is 35.5.